The van der Waals surface area contributed by atoms with Gasteiger partial charge in [-0.2, -0.15) is 12.8 Å². The van der Waals surface area contributed by atoms with Crippen molar-refractivity contribution in [2.24, 2.45) is 4.40 Å². The highest BCUT2D eigenvalue weighted by Crippen LogP contribution is 2.17. The number of nitrogens with zero attached hydrogens (tertiary/aromatic N) is 1. The van der Waals surface area contributed by atoms with Gasteiger partial charge in [-0.3, -0.25) is 0 Å². The van der Waals surface area contributed by atoms with E-state index in [-0.39, 0.29) is 11.5 Å². The second kappa shape index (κ2) is 3.98. The van der Waals surface area contributed by atoms with Gasteiger partial charge in [0, 0.05) is 5.75 Å². The Labute approximate surface area is 92.5 Å². The fourth-order valence-electron chi connectivity index (χ4n) is 1.02. The molecule has 0 spiro atoms. The van der Waals surface area contributed by atoms with Crippen LogP contribution in [-0.2, 0) is 24.7 Å². The summed E-state index contributed by atoms with van der Waals surface area (Å²) in [5.74, 6) is -2.38. The Kier molecular flexibility index (Phi) is 3.20. The highest BCUT2D eigenvalue weighted by atomic mass is 32.2. The molecule has 0 aromatic heterocycles. The molecule has 0 fully saturated rings. The molecule has 16 heavy (non-hydrogen) atoms. The zero-order valence-electron chi connectivity index (χ0n) is 8.24. The van der Waals surface area contributed by atoms with Crippen molar-refractivity contribution in [3.8, 4) is 0 Å². The van der Waals surface area contributed by atoms with Crippen LogP contribution in [0.25, 0.3) is 0 Å². The Morgan fingerprint density at radius 2 is 2.06 bits per heavy atom. The summed E-state index contributed by atoms with van der Waals surface area (Å²) in [5.41, 5.74) is -0.265. The van der Waals surface area contributed by atoms with E-state index in [0.29, 0.717) is 0 Å². The third-order valence-electron chi connectivity index (χ3n) is 1.83. The first-order valence-electron chi connectivity index (χ1n) is 4.17. The molecule has 0 saturated carbocycles. The lowest BCUT2D eigenvalue weighted by Crippen LogP contribution is -2.15. The lowest BCUT2D eigenvalue weighted by molar-refractivity contribution is -0.131. The Balaban J connectivity index is 3.10. The molecule has 0 aromatic carbocycles. The largest absolute Gasteiger partial charge is 0.477 e. The quantitative estimate of drug-likeness (QED) is 0.710. The van der Waals surface area contributed by atoms with E-state index < -0.39 is 36.5 Å². The number of hydrogen-bond acceptors (Lipinski definition) is 5. The van der Waals surface area contributed by atoms with Crippen LogP contribution in [0.4, 0.5) is 0 Å². The zero-order valence-corrected chi connectivity index (χ0v) is 9.88. The average Bonchev–Trinajstić information content (AvgIpc) is 2.40. The number of carboxylic acids is 1. The summed E-state index contributed by atoms with van der Waals surface area (Å²) in [6.45, 7) is 1.40. The number of aliphatic carboxylic acids is 1. The fraction of sp³-hybridized carbons (Fsp3) is 0.429. The van der Waals surface area contributed by atoms with Gasteiger partial charge in [-0.15, -0.1) is 0 Å². The van der Waals surface area contributed by atoms with E-state index >= 15 is 0 Å². The van der Waals surface area contributed by atoms with Crippen molar-refractivity contribution in [1.29, 1.82) is 0 Å². The number of rotatable bonds is 4. The molecular weight excluding hydrogens is 258 g/mol. The lowest BCUT2D eigenvalue weighted by Gasteiger charge is -1.96. The molecule has 0 aliphatic carbocycles. The van der Waals surface area contributed by atoms with Gasteiger partial charge in [0.15, 0.2) is 14.7 Å². The second-order valence-corrected chi connectivity index (χ2v) is 6.97. The topological polar surface area (TPSA) is 118 Å². The van der Waals surface area contributed by atoms with Crippen LogP contribution in [0.15, 0.2) is 15.4 Å². The molecule has 1 aliphatic heterocycles. The number of hydrogen-bond donors (Lipinski definition) is 1. The molecule has 0 radical (unpaired) electrons. The number of carbonyl (C=O) groups is 1. The SMILES string of the molecule is CCS(=O)(=O)CC1=NS(=O)(=O)C(C(=O)O)=C1. The van der Waals surface area contributed by atoms with Crippen molar-refractivity contribution in [2.45, 2.75) is 6.92 Å². The summed E-state index contributed by atoms with van der Waals surface area (Å²) in [5, 5.41) is 8.55. The predicted octanol–water partition coefficient (Wildman–Crippen LogP) is -0.826. The smallest absolute Gasteiger partial charge is 0.349 e. The van der Waals surface area contributed by atoms with E-state index in [1.165, 1.54) is 6.92 Å². The standard InChI is InChI=1S/C7H9NO6S2/c1-2-15(11,12)4-5-3-6(7(9)10)16(13,14)8-5/h3H,2,4H2,1H3,(H,9,10). The molecule has 9 heteroatoms. The van der Waals surface area contributed by atoms with Gasteiger partial charge in [0.25, 0.3) is 10.0 Å². The van der Waals surface area contributed by atoms with Crippen LogP contribution >= 0.6 is 0 Å². The van der Waals surface area contributed by atoms with Crippen LogP contribution in [0, 0.1) is 0 Å². The van der Waals surface area contributed by atoms with Crippen molar-refractivity contribution in [1.82, 2.24) is 0 Å². The van der Waals surface area contributed by atoms with Crippen LogP contribution in [0.5, 0.6) is 0 Å². The van der Waals surface area contributed by atoms with Crippen LogP contribution in [0.1, 0.15) is 6.92 Å². The van der Waals surface area contributed by atoms with Crippen molar-refractivity contribution >= 4 is 31.5 Å². The molecule has 0 bridgehead atoms. The first kappa shape index (κ1) is 12.8. The highest BCUT2D eigenvalue weighted by Gasteiger charge is 2.31. The van der Waals surface area contributed by atoms with E-state index in [2.05, 4.69) is 4.40 Å². The normalized spacial score (nSPS) is 19.1. The predicted molar refractivity (Wildman–Crippen MR) is 56.4 cm³/mol. The number of sulfonamides is 1. The number of sulfone groups is 1. The summed E-state index contributed by atoms with van der Waals surface area (Å²) in [6.07, 6.45) is 0.769. The van der Waals surface area contributed by atoms with Gasteiger partial charge in [0.05, 0.1) is 11.5 Å². The second-order valence-electron chi connectivity index (χ2n) is 3.05. The molecule has 0 unspecified atom stereocenters. The van der Waals surface area contributed by atoms with E-state index in [4.69, 9.17) is 5.11 Å². The minimum atomic E-state index is -4.23. The minimum Gasteiger partial charge on any atom is -0.477 e. The molecular formula is C7H9NO6S2. The van der Waals surface area contributed by atoms with Crippen LogP contribution < -0.4 is 0 Å². The molecule has 90 valence electrons. The van der Waals surface area contributed by atoms with E-state index in [1.54, 1.807) is 0 Å². The monoisotopic (exact) mass is 267 g/mol. The van der Waals surface area contributed by atoms with E-state index in [0.717, 1.165) is 6.08 Å². The van der Waals surface area contributed by atoms with Gasteiger partial charge in [-0.05, 0) is 6.08 Å². The Hall–Kier alpha value is -1.22. The Morgan fingerprint density at radius 3 is 2.44 bits per heavy atom. The molecule has 1 heterocycles. The van der Waals surface area contributed by atoms with E-state index in [1.807, 2.05) is 0 Å². The van der Waals surface area contributed by atoms with Gasteiger partial charge in [0.2, 0.25) is 0 Å². The van der Waals surface area contributed by atoms with Crippen LogP contribution in [0.3, 0.4) is 0 Å². The van der Waals surface area contributed by atoms with E-state index in [9.17, 15) is 21.6 Å². The first-order chi connectivity index (χ1) is 7.18. The molecule has 7 nitrogen and oxygen atoms in total. The maximum atomic E-state index is 11.2. The highest BCUT2D eigenvalue weighted by molar-refractivity contribution is 7.96. The third kappa shape index (κ3) is 2.67. The van der Waals surface area contributed by atoms with Gasteiger partial charge in [-0.1, -0.05) is 6.92 Å². The molecule has 1 N–H and O–H groups in total. The number of allylic oxidation sites excluding steroid dienone is 1. The summed E-state index contributed by atoms with van der Waals surface area (Å²) >= 11 is 0. The van der Waals surface area contributed by atoms with Gasteiger partial charge in [-0.25, -0.2) is 13.2 Å². The van der Waals surface area contributed by atoms with Crippen molar-refractivity contribution in [3.05, 3.63) is 11.0 Å². The van der Waals surface area contributed by atoms with Gasteiger partial charge < -0.3 is 5.11 Å². The molecule has 1 aliphatic rings. The summed E-state index contributed by atoms with van der Waals surface area (Å²) in [4.78, 5) is 9.63. The maximum Gasteiger partial charge on any atom is 0.349 e. The van der Waals surface area contributed by atoms with Crippen LogP contribution in [0.2, 0.25) is 0 Å². The molecule has 0 amide bonds. The third-order valence-corrected chi connectivity index (χ3v) is 4.77. The summed E-state index contributed by atoms with van der Waals surface area (Å²) < 4.78 is 47.8. The zero-order chi connectivity index (χ0) is 12.6. The molecule has 0 atom stereocenters. The van der Waals surface area contributed by atoms with Gasteiger partial charge in [0.1, 0.15) is 0 Å². The summed E-state index contributed by atoms with van der Waals surface area (Å²) in [6, 6.07) is 0. The van der Waals surface area contributed by atoms with Crippen molar-refractivity contribution in [2.75, 3.05) is 11.5 Å². The minimum absolute atomic E-state index is 0.164. The summed E-state index contributed by atoms with van der Waals surface area (Å²) in [7, 11) is -7.67. The molecule has 0 aromatic rings. The number of carboxylic acid groups (broad SMARTS) is 1. The molecule has 0 saturated heterocycles. The fourth-order valence-corrected chi connectivity index (χ4v) is 2.94. The molecule has 1 rings (SSSR count). The van der Waals surface area contributed by atoms with Crippen molar-refractivity contribution in [3.63, 3.8) is 0 Å². The Morgan fingerprint density at radius 1 is 1.50 bits per heavy atom. The van der Waals surface area contributed by atoms with Gasteiger partial charge >= 0.3 is 5.97 Å². The lowest BCUT2D eigenvalue weighted by atomic mass is 10.4. The maximum absolute atomic E-state index is 11.2. The van der Waals surface area contributed by atoms with Crippen molar-refractivity contribution < 1.29 is 26.7 Å². The van der Waals surface area contributed by atoms with Crippen LogP contribution in [-0.4, -0.2) is 45.1 Å². The first-order valence-corrected chi connectivity index (χ1v) is 7.43. The Bertz CT molecular complexity index is 580. The average molecular weight is 267 g/mol.